The van der Waals surface area contributed by atoms with Gasteiger partial charge in [0.25, 0.3) is 0 Å². The van der Waals surface area contributed by atoms with Gasteiger partial charge in [-0.2, -0.15) is 0 Å². The minimum atomic E-state index is 0.317. The molecule has 0 aromatic heterocycles. The summed E-state index contributed by atoms with van der Waals surface area (Å²) in [5.41, 5.74) is 5.55. The summed E-state index contributed by atoms with van der Waals surface area (Å²) in [6.07, 6.45) is 3.87. The maximum absolute atomic E-state index is 11.9. The Kier molecular flexibility index (Phi) is 6.42. The van der Waals surface area contributed by atoms with Gasteiger partial charge in [-0.25, -0.2) is 0 Å². The fourth-order valence-corrected chi connectivity index (χ4v) is 2.19. The quantitative estimate of drug-likeness (QED) is 0.697. The predicted octanol–water partition coefficient (Wildman–Crippen LogP) is 0.573. The maximum atomic E-state index is 11.9. The van der Waals surface area contributed by atoms with Crippen LogP contribution >= 0.6 is 0 Å². The number of piperazine rings is 1. The van der Waals surface area contributed by atoms with E-state index >= 15 is 0 Å². The lowest BCUT2D eigenvalue weighted by molar-refractivity contribution is -0.132. The zero-order valence-electron chi connectivity index (χ0n) is 10.4. The van der Waals surface area contributed by atoms with Crippen LogP contribution in [0.3, 0.4) is 0 Å². The van der Waals surface area contributed by atoms with Gasteiger partial charge in [0.05, 0.1) is 0 Å². The molecule has 4 nitrogen and oxygen atoms in total. The highest BCUT2D eigenvalue weighted by molar-refractivity contribution is 5.76. The van der Waals surface area contributed by atoms with Gasteiger partial charge in [-0.15, -0.1) is 0 Å². The fourth-order valence-electron chi connectivity index (χ4n) is 2.19. The third kappa shape index (κ3) is 4.49. The van der Waals surface area contributed by atoms with Crippen LogP contribution in [0.4, 0.5) is 0 Å². The van der Waals surface area contributed by atoms with E-state index in [-0.39, 0.29) is 0 Å². The highest BCUT2D eigenvalue weighted by atomic mass is 16.2. The molecule has 1 atom stereocenters. The lowest BCUT2D eigenvalue weighted by Gasteiger charge is -2.28. The van der Waals surface area contributed by atoms with Crippen LogP contribution in [0, 0.1) is 5.92 Å². The van der Waals surface area contributed by atoms with Gasteiger partial charge in [-0.05, 0) is 25.3 Å². The average Bonchev–Trinajstić information content (AvgIpc) is 2.35. The molecule has 0 radical (unpaired) electrons. The van der Waals surface area contributed by atoms with Crippen LogP contribution in [0.1, 0.15) is 32.6 Å². The molecule has 1 fully saturated rings. The molecule has 1 heterocycles. The van der Waals surface area contributed by atoms with E-state index in [2.05, 4.69) is 12.2 Å². The summed E-state index contributed by atoms with van der Waals surface area (Å²) in [6.45, 7) is 6.52. The molecular formula is C12H25N3O. The molecule has 0 bridgehead atoms. The number of carbonyl (C=O) groups is 1. The van der Waals surface area contributed by atoms with Gasteiger partial charge in [0.15, 0.2) is 0 Å². The summed E-state index contributed by atoms with van der Waals surface area (Å²) in [6, 6.07) is 0. The number of nitrogens with two attached hydrogens (primary N) is 1. The second kappa shape index (κ2) is 7.63. The normalized spacial score (nSPS) is 18.5. The summed E-state index contributed by atoms with van der Waals surface area (Å²) < 4.78 is 0. The van der Waals surface area contributed by atoms with Crippen molar-refractivity contribution in [1.29, 1.82) is 0 Å². The Hall–Kier alpha value is -0.610. The Morgan fingerprint density at radius 2 is 2.06 bits per heavy atom. The molecule has 0 aromatic carbocycles. The van der Waals surface area contributed by atoms with E-state index in [1.165, 1.54) is 0 Å². The zero-order valence-corrected chi connectivity index (χ0v) is 10.4. The fraction of sp³-hybridized carbons (Fsp3) is 0.917. The lowest BCUT2D eigenvalue weighted by atomic mass is 9.96. The van der Waals surface area contributed by atoms with Crippen molar-refractivity contribution in [3.63, 3.8) is 0 Å². The van der Waals surface area contributed by atoms with Crippen LogP contribution in [0.25, 0.3) is 0 Å². The molecule has 1 amide bonds. The highest BCUT2D eigenvalue weighted by Gasteiger charge is 2.17. The van der Waals surface area contributed by atoms with Crippen molar-refractivity contribution in [3.8, 4) is 0 Å². The Morgan fingerprint density at radius 1 is 1.38 bits per heavy atom. The van der Waals surface area contributed by atoms with Gasteiger partial charge >= 0.3 is 0 Å². The van der Waals surface area contributed by atoms with Crippen LogP contribution in [-0.2, 0) is 4.79 Å². The summed E-state index contributed by atoms with van der Waals surface area (Å²) >= 11 is 0. The smallest absolute Gasteiger partial charge is 0.222 e. The Morgan fingerprint density at radius 3 is 2.62 bits per heavy atom. The molecule has 1 aliphatic heterocycles. The molecule has 0 saturated carbocycles. The van der Waals surface area contributed by atoms with Crippen LogP contribution in [0.2, 0.25) is 0 Å². The number of nitrogens with zero attached hydrogens (tertiary/aromatic N) is 1. The summed E-state index contributed by atoms with van der Waals surface area (Å²) in [5.74, 6) is 0.939. The van der Waals surface area contributed by atoms with Gasteiger partial charge in [0, 0.05) is 32.6 Å². The number of hydrogen-bond acceptors (Lipinski definition) is 3. The molecular weight excluding hydrogens is 202 g/mol. The largest absolute Gasteiger partial charge is 0.340 e. The van der Waals surface area contributed by atoms with Crippen LogP contribution in [-0.4, -0.2) is 43.5 Å². The van der Waals surface area contributed by atoms with Crippen molar-refractivity contribution in [2.24, 2.45) is 11.7 Å². The van der Waals surface area contributed by atoms with Crippen LogP contribution < -0.4 is 11.1 Å². The van der Waals surface area contributed by atoms with E-state index in [0.717, 1.165) is 52.0 Å². The summed E-state index contributed by atoms with van der Waals surface area (Å²) in [5, 5.41) is 3.26. The Balaban J connectivity index is 2.22. The molecule has 94 valence electrons. The Labute approximate surface area is 98.6 Å². The van der Waals surface area contributed by atoms with Gasteiger partial charge in [-0.3, -0.25) is 4.79 Å². The molecule has 1 rings (SSSR count). The SMILES string of the molecule is CCC(CCN)CCC(=O)N1CCNCC1. The monoisotopic (exact) mass is 227 g/mol. The van der Waals surface area contributed by atoms with Crippen molar-refractivity contribution < 1.29 is 4.79 Å². The minimum Gasteiger partial charge on any atom is -0.340 e. The van der Waals surface area contributed by atoms with Gasteiger partial charge in [0.1, 0.15) is 0 Å². The zero-order chi connectivity index (χ0) is 11.8. The maximum Gasteiger partial charge on any atom is 0.222 e. The van der Waals surface area contributed by atoms with Crippen LogP contribution in [0.15, 0.2) is 0 Å². The molecule has 4 heteroatoms. The number of carbonyl (C=O) groups excluding carboxylic acids is 1. The number of amides is 1. The first-order valence-corrected chi connectivity index (χ1v) is 6.46. The third-order valence-corrected chi connectivity index (χ3v) is 3.39. The van der Waals surface area contributed by atoms with E-state index in [1.54, 1.807) is 0 Å². The van der Waals surface area contributed by atoms with Crippen molar-refractivity contribution in [1.82, 2.24) is 10.2 Å². The van der Waals surface area contributed by atoms with Gasteiger partial charge in [0.2, 0.25) is 5.91 Å². The topological polar surface area (TPSA) is 58.4 Å². The molecule has 1 saturated heterocycles. The predicted molar refractivity (Wildman–Crippen MR) is 66.1 cm³/mol. The van der Waals surface area contributed by atoms with E-state index in [1.807, 2.05) is 4.90 Å². The highest BCUT2D eigenvalue weighted by Crippen LogP contribution is 2.15. The van der Waals surface area contributed by atoms with Crippen molar-refractivity contribution >= 4 is 5.91 Å². The molecule has 0 spiro atoms. The Bertz CT molecular complexity index is 202. The van der Waals surface area contributed by atoms with E-state index in [0.29, 0.717) is 18.2 Å². The second-order valence-electron chi connectivity index (χ2n) is 4.52. The minimum absolute atomic E-state index is 0.317. The van der Waals surface area contributed by atoms with E-state index in [4.69, 9.17) is 5.73 Å². The van der Waals surface area contributed by atoms with Crippen molar-refractivity contribution in [2.45, 2.75) is 32.6 Å². The number of rotatable bonds is 6. The first-order valence-electron chi connectivity index (χ1n) is 6.46. The molecule has 0 aliphatic carbocycles. The van der Waals surface area contributed by atoms with E-state index < -0.39 is 0 Å². The standard InChI is InChI=1S/C12H25N3O/c1-2-11(5-6-13)3-4-12(16)15-9-7-14-8-10-15/h11,14H,2-10,13H2,1H3. The second-order valence-corrected chi connectivity index (χ2v) is 4.52. The van der Waals surface area contributed by atoms with Gasteiger partial charge in [-0.1, -0.05) is 13.3 Å². The average molecular weight is 227 g/mol. The number of hydrogen-bond donors (Lipinski definition) is 2. The van der Waals surface area contributed by atoms with Crippen molar-refractivity contribution in [2.75, 3.05) is 32.7 Å². The first-order chi connectivity index (χ1) is 7.77. The lowest BCUT2D eigenvalue weighted by Crippen LogP contribution is -2.46. The first kappa shape index (κ1) is 13.5. The van der Waals surface area contributed by atoms with E-state index in [9.17, 15) is 4.79 Å². The molecule has 16 heavy (non-hydrogen) atoms. The molecule has 0 aromatic rings. The molecule has 3 N–H and O–H groups in total. The van der Waals surface area contributed by atoms with Crippen molar-refractivity contribution in [3.05, 3.63) is 0 Å². The summed E-state index contributed by atoms with van der Waals surface area (Å²) in [7, 11) is 0. The number of nitrogens with one attached hydrogen (secondary N) is 1. The van der Waals surface area contributed by atoms with Gasteiger partial charge < -0.3 is 16.0 Å². The molecule has 1 unspecified atom stereocenters. The third-order valence-electron chi connectivity index (χ3n) is 3.39. The summed E-state index contributed by atoms with van der Waals surface area (Å²) in [4.78, 5) is 13.9. The van der Waals surface area contributed by atoms with Crippen LogP contribution in [0.5, 0.6) is 0 Å². The molecule has 1 aliphatic rings.